The molecule has 1 N–H and O–H groups in total. The van der Waals surface area contributed by atoms with Gasteiger partial charge in [-0.05, 0) is 78.6 Å². The minimum absolute atomic E-state index is 0.0929. The lowest BCUT2D eigenvalue weighted by Gasteiger charge is -2.33. The number of nitrogens with zero attached hydrogens (tertiary/aromatic N) is 2. The number of hydrogen-bond donors (Lipinski definition) is 1. The minimum Gasteiger partial charge on any atom is -0.497 e. The molecule has 9 heteroatoms. The number of thioether (sulfide) groups is 1. The number of aromatic nitrogens is 2. The summed E-state index contributed by atoms with van der Waals surface area (Å²) in [4.78, 5) is 33.8. The molecule has 1 atom stereocenters. The molecule has 1 aliphatic rings. The highest BCUT2D eigenvalue weighted by atomic mass is 35.5. The lowest BCUT2D eigenvalue weighted by Crippen LogP contribution is -2.27. The molecule has 1 aliphatic carbocycles. The Balaban J connectivity index is 1.53. The van der Waals surface area contributed by atoms with Crippen molar-refractivity contribution in [3.05, 3.63) is 74.3 Å². The van der Waals surface area contributed by atoms with E-state index in [4.69, 9.17) is 21.3 Å². The van der Waals surface area contributed by atoms with Crippen LogP contribution in [0.25, 0.3) is 15.9 Å². The van der Waals surface area contributed by atoms with Gasteiger partial charge in [0.2, 0.25) is 5.91 Å². The third kappa shape index (κ3) is 5.48. The van der Waals surface area contributed by atoms with Crippen molar-refractivity contribution < 1.29 is 9.53 Å². The van der Waals surface area contributed by atoms with E-state index in [0.717, 1.165) is 29.7 Å². The molecule has 5 rings (SSSR count). The fraction of sp³-hybridized carbons (Fsp3) is 0.345. The van der Waals surface area contributed by atoms with Crippen LogP contribution in [0.3, 0.4) is 0 Å². The maximum atomic E-state index is 14.1. The number of thiophene rings is 1. The van der Waals surface area contributed by atoms with E-state index in [-0.39, 0.29) is 22.6 Å². The highest BCUT2D eigenvalue weighted by Gasteiger charge is 2.32. The van der Waals surface area contributed by atoms with Gasteiger partial charge in [0.15, 0.2) is 5.16 Å². The second kappa shape index (κ2) is 10.8. The van der Waals surface area contributed by atoms with E-state index >= 15 is 0 Å². The summed E-state index contributed by atoms with van der Waals surface area (Å²) in [5.74, 6) is 1.16. The summed E-state index contributed by atoms with van der Waals surface area (Å²) in [6, 6.07) is 14.4. The Morgan fingerprint density at radius 2 is 2.00 bits per heavy atom. The SMILES string of the molecule is COc1ccc(-n2c(SCC(=O)Nc3cccc(Cl)c3)nc3sc4c(c3c2=O)CCC(C(C)(C)C)C4)cc1. The van der Waals surface area contributed by atoms with Gasteiger partial charge in [-0.3, -0.25) is 14.2 Å². The van der Waals surface area contributed by atoms with Gasteiger partial charge < -0.3 is 10.1 Å². The molecule has 0 saturated carbocycles. The van der Waals surface area contributed by atoms with Gasteiger partial charge in [0, 0.05) is 15.6 Å². The number of aryl methyl sites for hydroxylation is 1. The third-order valence-corrected chi connectivity index (χ3v) is 9.37. The molecule has 0 saturated heterocycles. The molecule has 1 amide bonds. The minimum atomic E-state index is -0.202. The largest absolute Gasteiger partial charge is 0.497 e. The van der Waals surface area contributed by atoms with E-state index in [0.29, 0.717) is 38.6 Å². The van der Waals surface area contributed by atoms with Crippen LogP contribution in [-0.2, 0) is 17.6 Å². The van der Waals surface area contributed by atoms with E-state index in [9.17, 15) is 9.59 Å². The van der Waals surface area contributed by atoms with Crippen molar-refractivity contribution in [2.45, 2.75) is 45.2 Å². The Morgan fingerprint density at radius 1 is 1.24 bits per heavy atom. The summed E-state index contributed by atoms with van der Waals surface area (Å²) in [5.41, 5.74) is 2.57. The second-order valence-electron chi connectivity index (χ2n) is 10.6. The van der Waals surface area contributed by atoms with Gasteiger partial charge in [-0.2, -0.15) is 0 Å². The topological polar surface area (TPSA) is 73.2 Å². The molecule has 4 aromatic rings. The Labute approximate surface area is 235 Å². The molecule has 0 bridgehead atoms. The number of hydrogen-bond acceptors (Lipinski definition) is 6. The number of benzene rings is 2. The van der Waals surface area contributed by atoms with Crippen LogP contribution in [0.15, 0.2) is 58.5 Å². The number of halogens is 1. The van der Waals surface area contributed by atoms with Crippen molar-refractivity contribution in [1.29, 1.82) is 0 Å². The Hall–Kier alpha value is -2.81. The summed E-state index contributed by atoms with van der Waals surface area (Å²) >= 11 is 8.92. The number of methoxy groups -OCH3 is 1. The van der Waals surface area contributed by atoms with Gasteiger partial charge in [-0.15, -0.1) is 11.3 Å². The van der Waals surface area contributed by atoms with Gasteiger partial charge in [-0.1, -0.05) is 50.2 Å². The van der Waals surface area contributed by atoms with Gasteiger partial charge in [0.25, 0.3) is 5.56 Å². The first kappa shape index (κ1) is 26.8. The molecule has 2 aromatic heterocycles. The molecule has 198 valence electrons. The normalized spacial score (nSPS) is 15.3. The van der Waals surface area contributed by atoms with Gasteiger partial charge >= 0.3 is 0 Å². The third-order valence-electron chi connectivity index (χ3n) is 7.05. The fourth-order valence-corrected chi connectivity index (χ4v) is 7.24. The molecule has 0 radical (unpaired) electrons. The number of nitrogens with one attached hydrogen (secondary N) is 1. The maximum Gasteiger partial charge on any atom is 0.267 e. The van der Waals surface area contributed by atoms with Crippen LogP contribution >= 0.6 is 34.7 Å². The molecule has 0 spiro atoms. The maximum absolute atomic E-state index is 14.1. The predicted molar refractivity (Wildman–Crippen MR) is 158 cm³/mol. The standard InChI is InChI=1S/C29H30ClN3O3S2/c1-29(2,3)17-8-13-22-23(14-17)38-26-25(22)27(35)33(20-9-11-21(36-4)12-10-20)28(32-26)37-16-24(34)31-19-7-5-6-18(30)15-19/h5-7,9-12,15,17H,8,13-14,16H2,1-4H3,(H,31,34). The van der Waals surface area contributed by atoms with Crippen molar-refractivity contribution in [3.8, 4) is 11.4 Å². The first-order chi connectivity index (χ1) is 18.1. The van der Waals surface area contributed by atoms with E-state index in [1.54, 1.807) is 47.3 Å². The molecule has 0 aliphatic heterocycles. The van der Waals surface area contributed by atoms with E-state index in [1.165, 1.54) is 16.6 Å². The highest BCUT2D eigenvalue weighted by molar-refractivity contribution is 7.99. The zero-order valence-electron chi connectivity index (χ0n) is 21.8. The average molecular weight is 568 g/mol. The van der Waals surface area contributed by atoms with Crippen LogP contribution in [0.2, 0.25) is 5.02 Å². The second-order valence-corrected chi connectivity index (χ2v) is 13.0. The summed E-state index contributed by atoms with van der Waals surface area (Å²) in [6.45, 7) is 6.86. The molecule has 0 fully saturated rings. The van der Waals surface area contributed by atoms with E-state index in [1.807, 2.05) is 24.3 Å². The summed E-state index contributed by atoms with van der Waals surface area (Å²) < 4.78 is 6.94. The van der Waals surface area contributed by atoms with Crippen LogP contribution in [0.1, 0.15) is 37.6 Å². The monoisotopic (exact) mass is 567 g/mol. The number of anilines is 1. The number of amides is 1. The van der Waals surface area contributed by atoms with Crippen molar-refractivity contribution in [2.24, 2.45) is 11.3 Å². The first-order valence-electron chi connectivity index (χ1n) is 12.5. The first-order valence-corrected chi connectivity index (χ1v) is 14.7. The smallest absolute Gasteiger partial charge is 0.267 e. The molecule has 38 heavy (non-hydrogen) atoms. The molecular formula is C29H30ClN3O3S2. The van der Waals surface area contributed by atoms with Crippen LogP contribution in [0.5, 0.6) is 5.75 Å². The van der Waals surface area contributed by atoms with Crippen LogP contribution in [0.4, 0.5) is 5.69 Å². The molecule has 6 nitrogen and oxygen atoms in total. The van der Waals surface area contributed by atoms with Crippen LogP contribution < -0.4 is 15.6 Å². The molecular weight excluding hydrogens is 538 g/mol. The Bertz CT molecular complexity index is 1550. The van der Waals surface area contributed by atoms with E-state index < -0.39 is 0 Å². The summed E-state index contributed by atoms with van der Waals surface area (Å²) in [7, 11) is 1.61. The van der Waals surface area contributed by atoms with Crippen molar-refractivity contribution >= 4 is 56.5 Å². The molecule has 2 heterocycles. The number of ether oxygens (including phenoxy) is 1. The predicted octanol–water partition coefficient (Wildman–Crippen LogP) is 6.99. The van der Waals surface area contributed by atoms with Gasteiger partial charge in [0.05, 0.1) is 23.9 Å². The lowest BCUT2D eigenvalue weighted by atomic mass is 9.72. The number of fused-ring (bicyclic) bond motifs is 3. The number of carbonyl (C=O) groups excluding carboxylic acids is 1. The number of rotatable bonds is 6. The highest BCUT2D eigenvalue weighted by Crippen LogP contribution is 2.42. The van der Waals surface area contributed by atoms with Crippen molar-refractivity contribution in [2.75, 3.05) is 18.2 Å². The Kier molecular flexibility index (Phi) is 7.58. The molecule has 1 unspecified atom stereocenters. The van der Waals surface area contributed by atoms with Crippen LogP contribution in [0, 0.1) is 11.3 Å². The zero-order chi connectivity index (χ0) is 27.0. The van der Waals surface area contributed by atoms with E-state index in [2.05, 4.69) is 26.1 Å². The fourth-order valence-electron chi connectivity index (χ4n) is 4.89. The average Bonchev–Trinajstić information content (AvgIpc) is 3.25. The van der Waals surface area contributed by atoms with Crippen molar-refractivity contribution in [1.82, 2.24) is 9.55 Å². The molecule has 2 aromatic carbocycles. The van der Waals surface area contributed by atoms with Gasteiger partial charge in [-0.25, -0.2) is 4.98 Å². The summed E-state index contributed by atoms with van der Waals surface area (Å²) in [5, 5.41) is 4.61. The summed E-state index contributed by atoms with van der Waals surface area (Å²) in [6.07, 6.45) is 2.90. The van der Waals surface area contributed by atoms with Crippen LogP contribution in [-0.4, -0.2) is 28.3 Å². The van der Waals surface area contributed by atoms with Crippen molar-refractivity contribution in [3.63, 3.8) is 0 Å². The quantitative estimate of drug-likeness (QED) is 0.201. The lowest BCUT2D eigenvalue weighted by molar-refractivity contribution is -0.113. The Morgan fingerprint density at radius 3 is 2.68 bits per heavy atom. The van der Waals surface area contributed by atoms with Gasteiger partial charge in [0.1, 0.15) is 10.6 Å². The zero-order valence-corrected chi connectivity index (χ0v) is 24.2. The number of carbonyl (C=O) groups is 1.